The summed E-state index contributed by atoms with van der Waals surface area (Å²) in [6.07, 6.45) is 14.8. The van der Waals surface area contributed by atoms with Crippen molar-refractivity contribution >= 4 is 11.9 Å². The Kier molecular flexibility index (Phi) is 29.9. The van der Waals surface area contributed by atoms with Crippen LogP contribution in [-0.2, 0) is 38.0 Å². The lowest BCUT2D eigenvalue weighted by Crippen LogP contribution is -2.61. The second-order valence-corrected chi connectivity index (χ2v) is 15.9. The lowest BCUT2D eigenvalue weighted by Gasteiger charge is -2.42. The van der Waals surface area contributed by atoms with Gasteiger partial charge >= 0.3 is 11.9 Å². The summed E-state index contributed by atoms with van der Waals surface area (Å²) in [5.41, 5.74) is 0. The fourth-order valence-corrected chi connectivity index (χ4v) is 6.76. The number of ether oxygens (including phenoxy) is 6. The van der Waals surface area contributed by atoms with Gasteiger partial charge in [-0.1, -0.05) is 108 Å². The third-order valence-electron chi connectivity index (χ3n) is 10.6. The molecule has 2 rings (SSSR count). The lowest BCUT2D eigenvalue weighted by molar-refractivity contribution is -0.332. The first-order chi connectivity index (χ1) is 29.0. The van der Waals surface area contributed by atoms with Crippen molar-refractivity contribution < 1.29 is 73.8 Å². The van der Waals surface area contributed by atoms with Gasteiger partial charge in [-0.3, -0.25) is 9.59 Å². The molecule has 2 aliphatic rings. The van der Waals surface area contributed by atoms with Crippen LogP contribution in [-0.4, -0.2) is 142 Å². The van der Waals surface area contributed by atoms with Crippen LogP contribution in [0.3, 0.4) is 0 Å². The summed E-state index contributed by atoms with van der Waals surface area (Å²) < 4.78 is 33.4. The van der Waals surface area contributed by atoms with E-state index in [0.29, 0.717) is 12.8 Å². The zero-order valence-electron chi connectivity index (χ0n) is 36.2. The topological polar surface area (TPSA) is 231 Å². The van der Waals surface area contributed by atoms with Gasteiger partial charge in [-0.25, -0.2) is 0 Å². The molecule has 7 N–H and O–H groups in total. The molecule has 11 atom stereocenters. The van der Waals surface area contributed by atoms with E-state index < -0.39 is 99.3 Å². The summed E-state index contributed by atoms with van der Waals surface area (Å²) in [6.45, 7) is 2.43. The predicted octanol–water partition coefficient (Wildman–Crippen LogP) is 4.59. The second kappa shape index (κ2) is 33.3. The molecule has 0 saturated carbocycles. The molecule has 2 heterocycles. The Bertz CT molecular complexity index is 1200. The van der Waals surface area contributed by atoms with Gasteiger partial charge in [-0.2, -0.15) is 0 Å². The SMILES string of the molecule is CCC/C=C\C/C=C\CCCCCCCC(=O)OC(COC(=O)CCCCCCC/C=C\CCCC)COC1OC(COC2OC(CO)C(O)C(O)C2O)C(O)C(O)C1O. The number of esters is 2. The van der Waals surface area contributed by atoms with Gasteiger partial charge in [0, 0.05) is 12.8 Å². The van der Waals surface area contributed by atoms with Crippen LogP contribution in [0.2, 0.25) is 0 Å². The number of hydrogen-bond acceptors (Lipinski definition) is 15. The second-order valence-electron chi connectivity index (χ2n) is 15.9. The van der Waals surface area contributed by atoms with Crippen LogP contribution in [0.15, 0.2) is 36.5 Å². The largest absolute Gasteiger partial charge is 0.462 e. The van der Waals surface area contributed by atoms with E-state index in [1.807, 2.05) is 0 Å². The third kappa shape index (κ3) is 22.2. The molecule has 0 amide bonds. The Hall–Kier alpha value is -2.28. The van der Waals surface area contributed by atoms with E-state index >= 15 is 0 Å². The predicted molar refractivity (Wildman–Crippen MR) is 224 cm³/mol. The van der Waals surface area contributed by atoms with Crippen molar-refractivity contribution in [1.29, 1.82) is 0 Å². The van der Waals surface area contributed by atoms with Gasteiger partial charge in [0.15, 0.2) is 18.7 Å². The molecule has 2 saturated heterocycles. The molecule has 2 fully saturated rings. The first kappa shape index (κ1) is 53.9. The summed E-state index contributed by atoms with van der Waals surface area (Å²) in [5, 5.41) is 71.8. The summed E-state index contributed by atoms with van der Waals surface area (Å²) in [7, 11) is 0. The van der Waals surface area contributed by atoms with Crippen molar-refractivity contribution in [3.05, 3.63) is 36.5 Å². The Morgan fingerprint density at radius 3 is 1.63 bits per heavy atom. The number of unbranched alkanes of at least 4 members (excludes halogenated alkanes) is 13. The minimum absolute atomic E-state index is 0.147. The molecule has 0 aromatic carbocycles. The zero-order valence-corrected chi connectivity index (χ0v) is 36.2. The molecule has 0 bridgehead atoms. The number of rotatable bonds is 33. The van der Waals surface area contributed by atoms with Crippen LogP contribution < -0.4 is 0 Å². The monoisotopic (exact) mass is 859 g/mol. The standard InChI is InChI=1S/C45H78O15/c1-3-5-7-9-11-13-15-16-18-20-22-24-26-28-37(48)58-33(30-55-36(47)27-25-23-21-19-17-14-12-10-8-6-4-2)31-56-44-43(54)41(52)39(50)35(60-44)32-57-45-42(53)40(51)38(49)34(29-46)59-45/h7,9-10,12-13,15,33-35,38-46,49-54H,3-6,8,11,14,16-32H2,1-2H3/b9-7-,12-10-,15-13-. The Labute approximate surface area is 357 Å². The minimum Gasteiger partial charge on any atom is -0.462 e. The van der Waals surface area contributed by atoms with Crippen molar-refractivity contribution in [3.63, 3.8) is 0 Å². The van der Waals surface area contributed by atoms with Gasteiger partial charge in [0.25, 0.3) is 0 Å². The summed E-state index contributed by atoms with van der Waals surface area (Å²) in [5.74, 6) is -0.957. The van der Waals surface area contributed by atoms with Gasteiger partial charge in [0.2, 0.25) is 0 Å². The smallest absolute Gasteiger partial charge is 0.306 e. The molecule has 0 aromatic rings. The molecule has 60 heavy (non-hydrogen) atoms. The van der Waals surface area contributed by atoms with E-state index in [4.69, 9.17) is 28.4 Å². The minimum atomic E-state index is -1.77. The van der Waals surface area contributed by atoms with E-state index in [1.165, 1.54) is 12.8 Å². The molecule has 348 valence electrons. The highest BCUT2D eigenvalue weighted by molar-refractivity contribution is 5.70. The van der Waals surface area contributed by atoms with Crippen molar-refractivity contribution in [3.8, 4) is 0 Å². The van der Waals surface area contributed by atoms with Gasteiger partial charge < -0.3 is 64.2 Å². The third-order valence-corrected chi connectivity index (χ3v) is 10.6. The summed E-state index contributed by atoms with van der Waals surface area (Å²) >= 11 is 0. The molecule has 0 aromatic heterocycles. The normalized spacial score (nSPS) is 27.9. The number of hydrogen-bond donors (Lipinski definition) is 7. The summed E-state index contributed by atoms with van der Waals surface area (Å²) in [6, 6.07) is 0. The van der Waals surface area contributed by atoms with E-state index in [1.54, 1.807) is 0 Å². The Balaban J connectivity index is 1.88. The molecule has 0 radical (unpaired) electrons. The summed E-state index contributed by atoms with van der Waals surface area (Å²) in [4.78, 5) is 25.6. The Morgan fingerprint density at radius 1 is 0.533 bits per heavy atom. The molecule has 15 nitrogen and oxygen atoms in total. The fourth-order valence-electron chi connectivity index (χ4n) is 6.76. The van der Waals surface area contributed by atoms with Crippen molar-refractivity contribution in [2.24, 2.45) is 0 Å². The van der Waals surface area contributed by atoms with E-state index in [-0.39, 0.29) is 19.4 Å². The average molecular weight is 859 g/mol. The first-order valence-corrected chi connectivity index (χ1v) is 22.6. The molecule has 0 aliphatic carbocycles. The van der Waals surface area contributed by atoms with Crippen LogP contribution >= 0.6 is 0 Å². The van der Waals surface area contributed by atoms with Crippen LogP contribution in [0.25, 0.3) is 0 Å². The maximum absolute atomic E-state index is 12.9. The molecular weight excluding hydrogens is 780 g/mol. The number of carbonyl (C=O) groups excluding carboxylic acids is 2. The molecule has 0 spiro atoms. The highest BCUT2D eigenvalue weighted by Crippen LogP contribution is 2.26. The van der Waals surface area contributed by atoms with Gasteiger partial charge in [0.05, 0.1) is 19.8 Å². The van der Waals surface area contributed by atoms with Crippen LogP contribution in [0, 0.1) is 0 Å². The highest BCUT2D eigenvalue weighted by atomic mass is 16.7. The van der Waals surface area contributed by atoms with E-state index in [2.05, 4.69) is 50.3 Å². The zero-order chi connectivity index (χ0) is 44.0. The van der Waals surface area contributed by atoms with Gasteiger partial charge in [-0.15, -0.1) is 0 Å². The molecule has 15 heteroatoms. The van der Waals surface area contributed by atoms with Gasteiger partial charge in [0.1, 0.15) is 55.4 Å². The van der Waals surface area contributed by atoms with Gasteiger partial charge in [-0.05, 0) is 57.8 Å². The first-order valence-electron chi connectivity index (χ1n) is 22.6. The lowest BCUT2D eigenvalue weighted by atomic mass is 9.98. The molecule has 2 aliphatic heterocycles. The maximum atomic E-state index is 12.9. The maximum Gasteiger partial charge on any atom is 0.306 e. The van der Waals surface area contributed by atoms with Crippen LogP contribution in [0.1, 0.15) is 142 Å². The molecular formula is C45H78O15. The Morgan fingerprint density at radius 2 is 1.03 bits per heavy atom. The van der Waals surface area contributed by atoms with Crippen LogP contribution in [0.5, 0.6) is 0 Å². The molecule has 11 unspecified atom stereocenters. The number of allylic oxidation sites excluding steroid dienone is 6. The number of aliphatic hydroxyl groups is 7. The van der Waals surface area contributed by atoms with Crippen molar-refractivity contribution in [2.75, 3.05) is 26.4 Å². The van der Waals surface area contributed by atoms with E-state index in [9.17, 15) is 45.3 Å². The fraction of sp³-hybridized carbons (Fsp3) is 0.822. The van der Waals surface area contributed by atoms with Crippen LogP contribution in [0.4, 0.5) is 0 Å². The van der Waals surface area contributed by atoms with E-state index in [0.717, 1.165) is 89.9 Å². The quantitative estimate of drug-likeness (QED) is 0.0272. The highest BCUT2D eigenvalue weighted by Gasteiger charge is 2.47. The number of carbonyl (C=O) groups is 2. The number of aliphatic hydroxyl groups excluding tert-OH is 7. The van der Waals surface area contributed by atoms with Crippen molar-refractivity contribution in [1.82, 2.24) is 0 Å². The van der Waals surface area contributed by atoms with Crippen molar-refractivity contribution in [2.45, 2.75) is 210 Å². The average Bonchev–Trinajstić information content (AvgIpc) is 3.24.